The highest BCUT2D eigenvalue weighted by Gasteiger charge is 2.36. The number of carbonyl (C=O) groups is 5. The molecule has 1 aliphatic heterocycles. The quantitative estimate of drug-likeness (QED) is 0.107. The highest BCUT2D eigenvalue weighted by molar-refractivity contribution is 14.1. The molecule has 1 aromatic carbocycles. The fourth-order valence-corrected chi connectivity index (χ4v) is 6.40. The van der Waals surface area contributed by atoms with E-state index in [2.05, 4.69) is 0 Å². The van der Waals surface area contributed by atoms with E-state index < -0.39 is 66.2 Å². The van der Waals surface area contributed by atoms with Crippen molar-refractivity contribution < 1.29 is 43.3 Å². The summed E-state index contributed by atoms with van der Waals surface area (Å²) in [5, 5.41) is 11.3. The van der Waals surface area contributed by atoms with Gasteiger partial charge in [-0.15, -0.1) is 0 Å². The molecule has 0 fully saturated rings. The Morgan fingerprint density at radius 2 is 1.76 bits per heavy atom. The Morgan fingerprint density at radius 3 is 2.36 bits per heavy atom. The van der Waals surface area contributed by atoms with Crippen molar-refractivity contribution in [2.24, 2.45) is 23.3 Å². The van der Waals surface area contributed by atoms with Crippen LogP contribution < -0.4 is 17.2 Å². The summed E-state index contributed by atoms with van der Waals surface area (Å²) in [4.78, 5) is 67.8. The Morgan fingerprint density at radius 1 is 1.08 bits per heavy atom. The standard InChI is InChI=1S/C36H45IN4O9/c1-18-12-23-31(39)27(42)16-26(33(23)45)41(17-28(43)22-10-11-25(38)24(37)15-22)35(46)19(2)8-7-9-29(48-5)34(50-36(40)47)21(4)14-20(3)32(44)30(13-18)49-6/h7-11,14-16,18,20,29-30,32,34,44H,12-13,17,38-39H2,1-6H3,(H2,40,47)/b9-7-,19-8+,21-14+/t18-,20-,29-,30-,32+,34-/m0/s1/i37-2. The van der Waals surface area contributed by atoms with Gasteiger partial charge in [0.15, 0.2) is 11.9 Å². The zero-order chi connectivity index (χ0) is 37.4. The first-order valence-corrected chi connectivity index (χ1v) is 17.0. The lowest BCUT2D eigenvalue weighted by Gasteiger charge is -2.30. The number of ether oxygens (including phenoxy) is 3. The Kier molecular flexibility index (Phi) is 14.3. The van der Waals surface area contributed by atoms with Gasteiger partial charge in [0.25, 0.3) is 5.91 Å². The van der Waals surface area contributed by atoms with Crippen LogP contribution in [-0.2, 0) is 28.6 Å². The summed E-state index contributed by atoms with van der Waals surface area (Å²) in [6, 6.07) is 4.65. The van der Waals surface area contributed by atoms with Crippen LogP contribution in [0.3, 0.4) is 0 Å². The van der Waals surface area contributed by atoms with Gasteiger partial charge in [-0.05, 0) is 79.0 Å². The Hall–Kier alpha value is -4.12. The molecule has 1 heterocycles. The fourth-order valence-electron chi connectivity index (χ4n) is 5.89. The zero-order valence-corrected chi connectivity index (χ0v) is 31.1. The molecule has 270 valence electrons. The Balaban J connectivity index is 2.19. The number of amides is 2. The molecule has 13 nitrogen and oxygen atoms in total. The van der Waals surface area contributed by atoms with Crippen molar-refractivity contribution >= 4 is 57.6 Å². The van der Waals surface area contributed by atoms with Crippen molar-refractivity contribution in [3.63, 3.8) is 0 Å². The largest absolute Gasteiger partial charge is 0.439 e. The number of halogens is 1. The van der Waals surface area contributed by atoms with Crippen molar-refractivity contribution in [1.29, 1.82) is 0 Å². The maximum absolute atomic E-state index is 14.1. The molecule has 3 rings (SSSR count). The second-order valence-electron chi connectivity index (χ2n) is 12.5. The minimum Gasteiger partial charge on any atom is -0.439 e. The van der Waals surface area contributed by atoms with E-state index in [0.717, 1.165) is 11.0 Å². The van der Waals surface area contributed by atoms with Gasteiger partial charge in [0, 0.05) is 52.2 Å². The van der Waals surface area contributed by atoms with Crippen molar-refractivity contribution in [1.82, 2.24) is 4.90 Å². The lowest BCUT2D eigenvalue weighted by molar-refractivity contribution is -0.128. The minimum absolute atomic E-state index is 0.00534. The number of Topliss-reactive ketones (excluding diaryl/α,β-unsaturated/α-hetero) is 2. The van der Waals surface area contributed by atoms with Gasteiger partial charge in [0.2, 0.25) is 11.6 Å². The van der Waals surface area contributed by atoms with Crippen LogP contribution in [0.4, 0.5) is 10.5 Å². The molecule has 0 aromatic heterocycles. The molecule has 0 spiro atoms. The molecule has 6 atom stereocenters. The monoisotopic (exact) mass is 802 g/mol. The normalized spacial score (nSPS) is 28.7. The maximum Gasteiger partial charge on any atom is 0.405 e. The van der Waals surface area contributed by atoms with Crippen LogP contribution in [0.25, 0.3) is 0 Å². The van der Waals surface area contributed by atoms with Crippen LogP contribution >= 0.6 is 22.6 Å². The fraction of sp³-hybridized carbons (Fsp3) is 0.417. The van der Waals surface area contributed by atoms with Gasteiger partial charge in [0.1, 0.15) is 6.10 Å². The van der Waals surface area contributed by atoms with E-state index in [4.69, 9.17) is 31.4 Å². The second-order valence-corrected chi connectivity index (χ2v) is 13.7. The lowest BCUT2D eigenvalue weighted by Crippen LogP contribution is -2.41. The van der Waals surface area contributed by atoms with Crippen LogP contribution in [0.2, 0.25) is 0 Å². The highest BCUT2D eigenvalue weighted by atomic mass is 125. The molecule has 0 saturated heterocycles. The van der Waals surface area contributed by atoms with Gasteiger partial charge in [-0.25, -0.2) is 4.79 Å². The van der Waals surface area contributed by atoms with E-state index in [0.29, 0.717) is 14.8 Å². The van der Waals surface area contributed by atoms with Crippen molar-refractivity contribution in [3.8, 4) is 0 Å². The third-order valence-corrected chi connectivity index (χ3v) is 9.64. The van der Waals surface area contributed by atoms with Gasteiger partial charge in [-0.2, -0.15) is 0 Å². The molecule has 0 saturated carbocycles. The topological polar surface area (TPSA) is 215 Å². The van der Waals surface area contributed by atoms with E-state index in [1.165, 1.54) is 39.4 Å². The summed E-state index contributed by atoms with van der Waals surface area (Å²) in [6.45, 7) is 6.20. The number of nitrogens with zero attached hydrogens (tertiary/aromatic N) is 1. The summed E-state index contributed by atoms with van der Waals surface area (Å²) >= 11 is 1.99. The SMILES string of the molecule is CO[C@H]1/C=C\C=C(/C)C(=O)N(CC(=O)c2ccc(N)c([125I])c2)C2=CC(=O)C(N)=C(C[C@H](C)C[C@H](OC)[C@H](O)[C@@H](C)/C=C(\C)[C@@H]1OC(N)=O)C2=O. The Labute approximate surface area is 305 Å². The third kappa shape index (κ3) is 9.77. The molecular weight excluding hydrogens is 757 g/mol. The summed E-state index contributed by atoms with van der Waals surface area (Å²) < 4.78 is 17.3. The summed E-state index contributed by atoms with van der Waals surface area (Å²) in [7, 11) is 2.85. The van der Waals surface area contributed by atoms with Crippen LogP contribution in [0.1, 0.15) is 50.9 Å². The predicted octanol–water partition coefficient (Wildman–Crippen LogP) is 3.50. The van der Waals surface area contributed by atoms with E-state index in [-0.39, 0.29) is 46.9 Å². The first-order valence-electron chi connectivity index (χ1n) is 15.9. The molecule has 0 unspecified atom stereocenters. The molecular formula is C36H45IN4O9. The molecule has 14 heteroatoms. The number of allylic oxidation sites excluding steroid dienone is 4. The van der Waals surface area contributed by atoms with E-state index in [1.54, 1.807) is 38.1 Å². The lowest BCUT2D eigenvalue weighted by atomic mass is 9.85. The van der Waals surface area contributed by atoms with E-state index >= 15 is 0 Å². The van der Waals surface area contributed by atoms with Gasteiger partial charge in [0.05, 0.1) is 30.1 Å². The molecule has 2 bridgehead atoms. The number of aliphatic hydroxyl groups is 1. The number of hydrogen-bond acceptors (Lipinski definition) is 11. The smallest absolute Gasteiger partial charge is 0.405 e. The minimum atomic E-state index is -1.04. The second kappa shape index (κ2) is 17.7. The number of benzene rings is 1. The van der Waals surface area contributed by atoms with Crippen LogP contribution in [0.15, 0.2) is 76.7 Å². The molecule has 2 amide bonds. The summed E-state index contributed by atoms with van der Waals surface area (Å²) in [5.41, 5.74) is 18.3. The van der Waals surface area contributed by atoms with Crippen molar-refractivity contribution in [3.05, 3.63) is 85.8 Å². The predicted molar refractivity (Wildman–Crippen MR) is 195 cm³/mol. The number of aliphatic hydroxyl groups excluding tert-OH is 1. The van der Waals surface area contributed by atoms with Gasteiger partial charge in [-0.1, -0.05) is 38.2 Å². The number of fused-ring (bicyclic) bond motifs is 2. The number of hydrogen-bond donors (Lipinski definition) is 4. The number of nitrogen functional groups attached to an aromatic ring is 1. The van der Waals surface area contributed by atoms with Gasteiger partial charge in [-0.3, -0.25) is 24.1 Å². The van der Waals surface area contributed by atoms with E-state index in [9.17, 15) is 29.1 Å². The number of ketones is 3. The molecule has 0 radical (unpaired) electrons. The maximum atomic E-state index is 14.1. The number of primary amides is 1. The zero-order valence-electron chi connectivity index (χ0n) is 29.0. The van der Waals surface area contributed by atoms with Crippen LogP contribution in [0, 0.1) is 15.4 Å². The number of nitrogens with two attached hydrogens (primary N) is 3. The average Bonchev–Trinajstić information content (AvgIpc) is 3.07. The van der Waals surface area contributed by atoms with Crippen LogP contribution in [0.5, 0.6) is 0 Å². The molecule has 2 aliphatic rings. The number of rotatable bonds is 6. The first-order chi connectivity index (χ1) is 23.5. The highest BCUT2D eigenvalue weighted by Crippen LogP contribution is 2.30. The number of methoxy groups -OCH3 is 2. The summed E-state index contributed by atoms with van der Waals surface area (Å²) in [5.74, 6) is -3.41. The van der Waals surface area contributed by atoms with Crippen LogP contribution in [-0.4, -0.2) is 84.5 Å². The molecule has 1 aliphatic carbocycles. The van der Waals surface area contributed by atoms with Crippen molar-refractivity contribution in [2.75, 3.05) is 26.5 Å². The number of carbonyl (C=O) groups excluding carboxylic acids is 5. The molecule has 1 aromatic rings. The van der Waals surface area contributed by atoms with Gasteiger partial charge >= 0.3 is 6.09 Å². The van der Waals surface area contributed by atoms with Gasteiger partial charge < -0.3 is 36.5 Å². The number of anilines is 1. The molecule has 50 heavy (non-hydrogen) atoms. The first kappa shape index (κ1) is 40.3. The van der Waals surface area contributed by atoms with Crippen molar-refractivity contribution in [2.45, 2.75) is 65.0 Å². The van der Waals surface area contributed by atoms with E-state index in [1.807, 2.05) is 29.5 Å². The molecule has 7 N–H and O–H groups in total. The average molecular weight is 803 g/mol. The summed E-state index contributed by atoms with van der Waals surface area (Å²) in [6.07, 6.45) is 2.81. The Bertz CT molecular complexity index is 1680. The third-order valence-electron chi connectivity index (χ3n) is 8.71.